The van der Waals surface area contributed by atoms with E-state index < -0.39 is 0 Å². The van der Waals surface area contributed by atoms with Crippen LogP contribution in [0.15, 0.2) is 36.4 Å². The second-order valence-corrected chi connectivity index (χ2v) is 7.05. The summed E-state index contributed by atoms with van der Waals surface area (Å²) in [6, 6.07) is 9.27. The van der Waals surface area contributed by atoms with E-state index >= 15 is 0 Å². The lowest BCUT2D eigenvalue weighted by molar-refractivity contribution is -0.114. The molecule has 6 nitrogen and oxygen atoms in total. The number of anilines is 2. The van der Waals surface area contributed by atoms with Gasteiger partial charge in [0, 0.05) is 41.9 Å². The van der Waals surface area contributed by atoms with Crippen molar-refractivity contribution in [1.29, 1.82) is 0 Å². The third-order valence-corrected chi connectivity index (χ3v) is 4.64. The zero-order valence-electron chi connectivity index (χ0n) is 17.2. The molecule has 0 saturated carbocycles. The van der Waals surface area contributed by atoms with E-state index in [1.807, 2.05) is 32.9 Å². The Hall–Kier alpha value is -3.28. The minimum Gasteiger partial charge on any atom is -0.493 e. The van der Waals surface area contributed by atoms with Crippen molar-refractivity contribution in [2.45, 2.75) is 40.2 Å². The highest BCUT2D eigenvalue weighted by Crippen LogP contribution is 2.35. The van der Waals surface area contributed by atoms with E-state index in [-0.39, 0.29) is 17.9 Å². The SMILES string of the molecule is CCOc1cc2c(cc1/C=C/C(=O)Nc1cccc(NC(C)=O)c1C)OC(C)C2. The molecule has 0 aromatic heterocycles. The Balaban J connectivity index is 1.78. The summed E-state index contributed by atoms with van der Waals surface area (Å²) in [5.74, 6) is 1.13. The van der Waals surface area contributed by atoms with Crippen molar-refractivity contribution in [3.8, 4) is 11.5 Å². The van der Waals surface area contributed by atoms with Crippen molar-refractivity contribution >= 4 is 29.3 Å². The monoisotopic (exact) mass is 394 g/mol. The minimum atomic E-state index is -0.273. The number of carbonyl (C=O) groups is 2. The number of nitrogens with one attached hydrogen (secondary N) is 2. The number of carbonyl (C=O) groups excluding carboxylic acids is 2. The molecule has 3 rings (SSSR count). The first kappa shape index (κ1) is 20.5. The molecule has 29 heavy (non-hydrogen) atoms. The van der Waals surface area contributed by atoms with E-state index in [9.17, 15) is 9.59 Å². The molecule has 1 heterocycles. The largest absolute Gasteiger partial charge is 0.493 e. The standard InChI is InChI=1S/C23H26N2O4/c1-5-28-21-13-18-11-14(2)29-22(18)12-17(21)9-10-23(27)25-20-8-6-7-19(15(20)3)24-16(4)26/h6-10,12-14H,5,11H2,1-4H3,(H,24,26)(H,25,27)/b10-9+. The molecule has 0 saturated heterocycles. The van der Waals surface area contributed by atoms with Gasteiger partial charge >= 0.3 is 0 Å². The van der Waals surface area contributed by atoms with E-state index in [2.05, 4.69) is 10.6 Å². The lowest BCUT2D eigenvalue weighted by Gasteiger charge is -2.12. The molecule has 6 heteroatoms. The molecule has 0 spiro atoms. The quantitative estimate of drug-likeness (QED) is 0.715. The summed E-state index contributed by atoms with van der Waals surface area (Å²) < 4.78 is 11.6. The van der Waals surface area contributed by atoms with E-state index in [0.29, 0.717) is 18.0 Å². The van der Waals surface area contributed by atoms with Crippen molar-refractivity contribution in [2.24, 2.45) is 0 Å². The average molecular weight is 394 g/mol. The third-order valence-electron chi connectivity index (χ3n) is 4.64. The Morgan fingerprint density at radius 1 is 1.24 bits per heavy atom. The second kappa shape index (κ2) is 8.82. The summed E-state index contributed by atoms with van der Waals surface area (Å²) in [4.78, 5) is 23.8. The molecule has 2 aromatic carbocycles. The number of amides is 2. The van der Waals surface area contributed by atoms with E-state index in [1.54, 1.807) is 24.3 Å². The average Bonchev–Trinajstić information content (AvgIpc) is 3.02. The molecule has 0 fully saturated rings. The molecular formula is C23H26N2O4. The van der Waals surface area contributed by atoms with E-state index in [0.717, 1.165) is 34.6 Å². The van der Waals surface area contributed by atoms with Gasteiger partial charge in [-0.3, -0.25) is 9.59 Å². The molecule has 0 radical (unpaired) electrons. The number of ether oxygens (including phenoxy) is 2. The Bertz CT molecular complexity index is 966. The maximum absolute atomic E-state index is 12.5. The fourth-order valence-corrected chi connectivity index (χ4v) is 3.30. The summed E-state index contributed by atoms with van der Waals surface area (Å²) in [6.45, 7) is 7.79. The molecule has 1 aliphatic rings. The molecule has 2 aromatic rings. The van der Waals surface area contributed by atoms with Crippen molar-refractivity contribution in [3.63, 3.8) is 0 Å². The van der Waals surface area contributed by atoms with E-state index in [4.69, 9.17) is 9.47 Å². The Morgan fingerprint density at radius 3 is 2.66 bits per heavy atom. The van der Waals surface area contributed by atoms with Crippen LogP contribution in [0.4, 0.5) is 11.4 Å². The van der Waals surface area contributed by atoms with Crippen LogP contribution in [0.25, 0.3) is 6.08 Å². The zero-order chi connectivity index (χ0) is 21.0. The van der Waals surface area contributed by atoms with Crippen molar-refractivity contribution < 1.29 is 19.1 Å². The first-order valence-electron chi connectivity index (χ1n) is 9.70. The predicted octanol–water partition coefficient (Wildman–Crippen LogP) is 4.33. The van der Waals surface area contributed by atoms with Gasteiger partial charge in [0.2, 0.25) is 11.8 Å². The lowest BCUT2D eigenvalue weighted by atomic mass is 10.1. The van der Waals surface area contributed by atoms with Crippen molar-refractivity contribution in [1.82, 2.24) is 0 Å². The molecule has 1 atom stereocenters. The number of hydrogen-bond donors (Lipinski definition) is 2. The highest BCUT2D eigenvalue weighted by atomic mass is 16.5. The summed E-state index contributed by atoms with van der Waals surface area (Å²) in [7, 11) is 0. The van der Waals surface area contributed by atoms with Crippen LogP contribution in [0.5, 0.6) is 11.5 Å². The third kappa shape index (κ3) is 4.96. The normalized spacial score (nSPS) is 15.0. The highest BCUT2D eigenvalue weighted by Gasteiger charge is 2.21. The minimum absolute atomic E-state index is 0.140. The molecule has 1 unspecified atom stereocenters. The Labute approximate surface area is 170 Å². The molecule has 152 valence electrons. The van der Waals surface area contributed by atoms with Gasteiger partial charge in [0.25, 0.3) is 0 Å². The van der Waals surface area contributed by atoms with Gasteiger partial charge in [0.05, 0.1) is 6.61 Å². The maximum Gasteiger partial charge on any atom is 0.248 e. The topological polar surface area (TPSA) is 76.7 Å². The number of fused-ring (bicyclic) bond motifs is 1. The van der Waals surface area contributed by atoms with Gasteiger partial charge in [-0.15, -0.1) is 0 Å². The fraction of sp³-hybridized carbons (Fsp3) is 0.304. The van der Waals surface area contributed by atoms with Crippen LogP contribution in [-0.2, 0) is 16.0 Å². The summed E-state index contributed by atoms with van der Waals surface area (Å²) in [6.07, 6.45) is 4.18. The predicted molar refractivity (Wildman–Crippen MR) is 115 cm³/mol. The van der Waals surface area contributed by atoms with Crippen LogP contribution in [0.3, 0.4) is 0 Å². The van der Waals surface area contributed by atoms with Crippen LogP contribution in [-0.4, -0.2) is 24.5 Å². The molecule has 2 amide bonds. The lowest BCUT2D eigenvalue weighted by Crippen LogP contribution is -2.12. The molecule has 2 N–H and O–H groups in total. The van der Waals surface area contributed by atoms with Crippen molar-refractivity contribution in [2.75, 3.05) is 17.2 Å². The first-order valence-corrected chi connectivity index (χ1v) is 9.70. The second-order valence-electron chi connectivity index (χ2n) is 7.05. The van der Waals surface area contributed by atoms with Gasteiger partial charge < -0.3 is 20.1 Å². The Kier molecular flexibility index (Phi) is 6.22. The summed E-state index contributed by atoms with van der Waals surface area (Å²) in [5, 5.41) is 5.61. The number of rotatable bonds is 6. The highest BCUT2D eigenvalue weighted by molar-refractivity contribution is 6.03. The first-order chi connectivity index (χ1) is 13.9. The van der Waals surface area contributed by atoms with Gasteiger partial charge in [-0.1, -0.05) is 6.07 Å². The van der Waals surface area contributed by atoms with Crippen molar-refractivity contribution in [3.05, 3.63) is 53.1 Å². The van der Waals surface area contributed by atoms with Crippen LogP contribution in [0, 0.1) is 6.92 Å². The molecule has 0 bridgehead atoms. The van der Waals surface area contributed by atoms with Gasteiger partial charge in [-0.05, 0) is 56.7 Å². The smallest absolute Gasteiger partial charge is 0.248 e. The van der Waals surface area contributed by atoms with Gasteiger partial charge in [-0.25, -0.2) is 0 Å². The number of hydrogen-bond acceptors (Lipinski definition) is 4. The summed E-state index contributed by atoms with van der Waals surface area (Å²) >= 11 is 0. The molecule has 0 aliphatic carbocycles. The number of benzene rings is 2. The van der Waals surface area contributed by atoms with Crippen LogP contribution in [0.1, 0.15) is 37.5 Å². The zero-order valence-corrected chi connectivity index (χ0v) is 17.2. The molecule has 1 aliphatic heterocycles. The van der Waals surface area contributed by atoms with Crippen LogP contribution < -0.4 is 20.1 Å². The van der Waals surface area contributed by atoms with E-state index in [1.165, 1.54) is 13.0 Å². The summed E-state index contributed by atoms with van der Waals surface area (Å²) in [5.41, 5.74) is 4.01. The van der Waals surface area contributed by atoms with Crippen LogP contribution >= 0.6 is 0 Å². The van der Waals surface area contributed by atoms with Gasteiger partial charge in [-0.2, -0.15) is 0 Å². The van der Waals surface area contributed by atoms with Crippen LogP contribution in [0.2, 0.25) is 0 Å². The fourth-order valence-electron chi connectivity index (χ4n) is 3.30. The van der Waals surface area contributed by atoms with Gasteiger partial charge in [0.1, 0.15) is 17.6 Å². The van der Waals surface area contributed by atoms with Gasteiger partial charge in [0.15, 0.2) is 0 Å². The Morgan fingerprint density at radius 2 is 1.97 bits per heavy atom. The molecular weight excluding hydrogens is 368 g/mol. The maximum atomic E-state index is 12.5.